The van der Waals surface area contributed by atoms with Crippen molar-refractivity contribution in [1.29, 1.82) is 0 Å². The van der Waals surface area contributed by atoms with Crippen LogP contribution in [0.2, 0.25) is 0 Å². The van der Waals surface area contributed by atoms with Crippen LogP contribution < -0.4 is 0 Å². The summed E-state index contributed by atoms with van der Waals surface area (Å²) in [5.74, 6) is 0. The second kappa shape index (κ2) is 8.45. The first kappa shape index (κ1) is 21.5. The molecule has 0 spiro atoms. The molecule has 0 aromatic heterocycles. The molecule has 0 bridgehead atoms. The predicted molar refractivity (Wildman–Crippen MR) is 125 cm³/mol. The molecule has 1 saturated heterocycles. The third kappa shape index (κ3) is 4.08. The Hall–Kier alpha value is -1.68. The molecule has 0 saturated carbocycles. The van der Waals surface area contributed by atoms with Crippen LogP contribution in [0.5, 0.6) is 0 Å². The maximum Gasteiger partial charge on any atom is 0.0558 e. The van der Waals surface area contributed by atoms with E-state index >= 15 is 0 Å². The van der Waals surface area contributed by atoms with Crippen molar-refractivity contribution >= 4 is 0 Å². The van der Waals surface area contributed by atoms with Gasteiger partial charge in [-0.3, -0.25) is 9.80 Å². The average Bonchev–Trinajstić information content (AvgIpc) is 2.75. The summed E-state index contributed by atoms with van der Waals surface area (Å²) >= 11 is 0. The maximum absolute atomic E-state index is 9.27. The van der Waals surface area contributed by atoms with Crippen molar-refractivity contribution in [2.24, 2.45) is 0 Å². The van der Waals surface area contributed by atoms with Crippen LogP contribution in [0, 0.1) is 0 Å². The van der Waals surface area contributed by atoms with Crippen LogP contribution in [-0.2, 0) is 10.8 Å². The first-order valence-electron chi connectivity index (χ1n) is 11.6. The van der Waals surface area contributed by atoms with Crippen molar-refractivity contribution in [1.82, 2.24) is 9.80 Å². The number of rotatable bonds is 4. The Bertz CT molecular complexity index is 849. The van der Waals surface area contributed by atoms with Crippen molar-refractivity contribution in [3.63, 3.8) is 0 Å². The molecule has 0 amide bonds. The van der Waals surface area contributed by atoms with E-state index in [2.05, 4.69) is 86.0 Å². The van der Waals surface area contributed by atoms with E-state index in [-0.39, 0.29) is 17.4 Å². The molecule has 1 heterocycles. The van der Waals surface area contributed by atoms with Gasteiger partial charge < -0.3 is 5.11 Å². The van der Waals surface area contributed by atoms with Gasteiger partial charge in [0.2, 0.25) is 0 Å². The van der Waals surface area contributed by atoms with Crippen LogP contribution in [0.3, 0.4) is 0 Å². The van der Waals surface area contributed by atoms with Gasteiger partial charge in [0, 0.05) is 44.2 Å². The molecule has 162 valence electrons. The van der Waals surface area contributed by atoms with Crippen LogP contribution in [0.4, 0.5) is 0 Å². The summed E-state index contributed by atoms with van der Waals surface area (Å²) < 4.78 is 0. The summed E-state index contributed by atoms with van der Waals surface area (Å²) in [6, 6.07) is 18.9. The highest BCUT2D eigenvalue weighted by atomic mass is 16.3. The molecule has 2 aromatic rings. The third-order valence-corrected chi connectivity index (χ3v) is 7.47. The molecule has 1 N–H and O–H groups in total. The molecule has 1 fully saturated rings. The van der Waals surface area contributed by atoms with Gasteiger partial charge >= 0.3 is 0 Å². The fourth-order valence-corrected chi connectivity index (χ4v) is 5.43. The predicted octanol–water partition coefficient (Wildman–Crippen LogP) is 4.73. The van der Waals surface area contributed by atoms with Gasteiger partial charge in [-0.15, -0.1) is 0 Å². The number of nitrogens with zero attached hydrogens (tertiary/aromatic N) is 2. The van der Waals surface area contributed by atoms with Crippen LogP contribution in [0.15, 0.2) is 48.5 Å². The van der Waals surface area contributed by atoms with Crippen molar-refractivity contribution in [3.05, 3.63) is 70.8 Å². The van der Waals surface area contributed by atoms with Gasteiger partial charge in [0.05, 0.1) is 6.61 Å². The van der Waals surface area contributed by atoms with E-state index in [1.807, 2.05) is 0 Å². The number of fused-ring (bicyclic) bond motifs is 1. The summed E-state index contributed by atoms with van der Waals surface area (Å²) in [7, 11) is 0. The molecule has 3 heteroatoms. The smallest absolute Gasteiger partial charge is 0.0558 e. The Kier molecular flexibility index (Phi) is 6.07. The molecule has 4 rings (SSSR count). The van der Waals surface area contributed by atoms with Gasteiger partial charge in [0.25, 0.3) is 0 Å². The van der Waals surface area contributed by atoms with E-state index in [9.17, 15) is 5.11 Å². The van der Waals surface area contributed by atoms with Gasteiger partial charge in [-0.2, -0.15) is 0 Å². The highest BCUT2D eigenvalue weighted by Crippen LogP contribution is 2.48. The van der Waals surface area contributed by atoms with Gasteiger partial charge in [-0.05, 0) is 40.5 Å². The zero-order valence-electron chi connectivity index (χ0n) is 19.2. The van der Waals surface area contributed by atoms with Crippen LogP contribution >= 0.6 is 0 Å². The van der Waals surface area contributed by atoms with E-state index in [0.29, 0.717) is 6.04 Å². The van der Waals surface area contributed by atoms with Crippen molar-refractivity contribution in [2.75, 3.05) is 39.3 Å². The van der Waals surface area contributed by atoms with E-state index < -0.39 is 0 Å². The SMILES string of the molecule is CC(C)(C)c1ccc2c(c1)C(C)(c1ccccc1)CCC2N1CCN(CCO)CC1. The molecule has 2 unspecified atom stereocenters. The Morgan fingerprint density at radius 1 is 1.00 bits per heavy atom. The summed E-state index contributed by atoms with van der Waals surface area (Å²) in [4.78, 5) is 5.07. The fourth-order valence-electron chi connectivity index (χ4n) is 5.43. The highest BCUT2D eigenvalue weighted by molar-refractivity contribution is 5.49. The van der Waals surface area contributed by atoms with Crippen LogP contribution in [0.1, 0.15) is 68.8 Å². The summed E-state index contributed by atoms with van der Waals surface area (Å²) in [6.45, 7) is 14.8. The first-order valence-corrected chi connectivity index (χ1v) is 11.6. The summed E-state index contributed by atoms with van der Waals surface area (Å²) in [5.41, 5.74) is 6.12. The lowest BCUT2D eigenvalue weighted by Crippen LogP contribution is -2.49. The molecule has 3 nitrogen and oxygen atoms in total. The molecule has 1 aliphatic heterocycles. The Morgan fingerprint density at radius 2 is 1.70 bits per heavy atom. The molecule has 2 aromatic carbocycles. The zero-order valence-corrected chi connectivity index (χ0v) is 19.2. The van der Waals surface area contributed by atoms with E-state index in [4.69, 9.17) is 0 Å². The maximum atomic E-state index is 9.27. The normalized spacial score (nSPS) is 25.8. The third-order valence-electron chi connectivity index (χ3n) is 7.47. The lowest BCUT2D eigenvalue weighted by Gasteiger charge is -2.46. The minimum Gasteiger partial charge on any atom is -0.395 e. The highest BCUT2D eigenvalue weighted by Gasteiger charge is 2.40. The monoisotopic (exact) mass is 406 g/mol. The standard InChI is InChI=1S/C27H38N2O/c1-26(2,3)22-10-11-23-24(20-22)27(4,21-8-6-5-7-9-21)13-12-25(23)29-16-14-28(15-17-29)18-19-30/h5-11,20,25,30H,12-19H2,1-4H3. The molecular weight excluding hydrogens is 368 g/mol. The largest absolute Gasteiger partial charge is 0.395 e. The Labute approximate surface area is 182 Å². The number of aliphatic hydroxyl groups is 1. The topological polar surface area (TPSA) is 26.7 Å². The second-order valence-electron chi connectivity index (χ2n) is 10.4. The quantitative estimate of drug-likeness (QED) is 0.795. The van der Waals surface area contributed by atoms with Gasteiger partial charge in [0.1, 0.15) is 0 Å². The van der Waals surface area contributed by atoms with E-state index in [0.717, 1.165) is 32.7 Å². The zero-order chi connectivity index (χ0) is 21.4. The fraction of sp³-hybridized carbons (Fsp3) is 0.556. The number of hydrogen-bond acceptors (Lipinski definition) is 3. The van der Waals surface area contributed by atoms with Crippen molar-refractivity contribution < 1.29 is 5.11 Å². The van der Waals surface area contributed by atoms with Crippen molar-refractivity contribution in [2.45, 2.75) is 57.4 Å². The van der Waals surface area contributed by atoms with Gasteiger partial charge in [-0.25, -0.2) is 0 Å². The molecule has 1 aliphatic carbocycles. The first-order chi connectivity index (χ1) is 14.3. The molecule has 30 heavy (non-hydrogen) atoms. The lowest BCUT2D eigenvalue weighted by molar-refractivity contribution is 0.0736. The second-order valence-corrected chi connectivity index (χ2v) is 10.4. The number of β-amino-alcohol motifs (C(OH)–C–C–N with tert-alkyl or cyclic N) is 1. The van der Waals surface area contributed by atoms with Crippen LogP contribution in [-0.4, -0.2) is 54.2 Å². The molecule has 2 atom stereocenters. The Balaban J connectivity index is 1.71. The molecule has 0 radical (unpaired) electrons. The van der Waals surface area contributed by atoms with Crippen LogP contribution in [0.25, 0.3) is 0 Å². The summed E-state index contributed by atoms with van der Waals surface area (Å²) in [5, 5.41) is 9.27. The molecule has 2 aliphatic rings. The van der Waals surface area contributed by atoms with Gasteiger partial charge in [-0.1, -0.05) is 76.2 Å². The number of piperazine rings is 1. The van der Waals surface area contributed by atoms with E-state index in [1.165, 1.54) is 35.1 Å². The molecular formula is C27H38N2O. The summed E-state index contributed by atoms with van der Waals surface area (Å²) in [6.07, 6.45) is 2.38. The van der Waals surface area contributed by atoms with Gasteiger partial charge in [0.15, 0.2) is 0 Å². The number of hydrogen-bond donors (Lipinski definition) is 1. The minimum absolute atomic E-state index is 0.0626. The average molecular weight is 407 g/mol. The van der Waals surface area contributed by atoms with Crippen molar-refractivity contribution in [3.8, 4) is 0 Å². The number of aliphatic hydroxyl groups excluding tert-OH is 1. The lowest BCUT2D eigenvalue weighted by atomic mass is 9.64. The number of benzene rings is 2. The minimum atomic E-state index is 0.0626. The van der Waals surface area contributed by atoms with E-state index in [1.54, 1.807) is 0 Å². The Morgan fingerprint density at radius 3 is 2.33 bits per heavy atom.